The molecule has 0 heterocycles. The zero-order valence-corrected chi connectivity index (χ0v) is 12.6. The van der Waals surface area contributed by atoms with Gasteiger partial charge in [-0.05, 0) is 29.4 Å². The highest BCUT2D eigenvalue weighted by Gasteiger charge is 2.14. The molecule has 0 aromatic heterocycles. The minimum absolute atomic E-state index is 0.193. The first-order valence-electron chi connectivity index (χ1n) is 6.05. The highest BCUT2D eigenvalue weighted by atomic mass is 32.2. The van der Waals surface area contributed by atoms with Crippen LogP contribution in [0.15, 0.2) is 29.2 Å². The molecule has 0 radical (unpaired) electrons. The Labute approximate surface area is 114 Å². The third-order valence-electron chi connectivity index (χ3n) is 2.44. The molecule has 3 nitrogen and oxygen atoms in total. The predicted molar refractivity (Wildman–Crippen MR) is 78.5 cm³/mol. The largest absolute Gasteiger partial charge is 0.326 e. The molecule has 0 aliphatic rings. The van der Waals surface area contributed by atoms with Crippen LogP contribution in [0.25, 0.3) is 0 Å². The fourth-order valence-electron chi connectivity index (χ4n) is 1.47. The van der Waals surface area contributed by atoms with Crippen molar-refractivity contribution in [2.75, 3.05) is 17.3 Å². The zero-order chi connectivity index (χ0) is 13.6. The lowest BCUT2D eigenvalue weighted by atomic mass is 10.2. The van der Waals surface area contributed by atoms with Gasteiger partial charge in [-0.15, -0.1) is 0 Å². The maximum absolute atomic E-state index is 12.1. The zero-order valence-electron chi connectivity index (χ0n) is 10.9. The summed E-state index contributed by atoms with van der Waals surface area (Å²) >= 11 is 1.69. The van der Waals surface area contributed by atoms with E-state index >= 15 is 0 Å². The molecule has 102 valence electrons. The van der Waals surface area contributed by atoms with Gasteiger partial charge in [-0.2, -0.15) is 11.8 Å². The second-order valence-electron chi connectivity index (χ2n) is 4.64. The van der Waals surface area contributed by atoms with E-state index in [0.717, 1.165) is 11.3 Å². The van der Waals surface area contributed by atoms with Crippen LogP contribution in [-0.4, -0.2) is 25.7 Å². The van der Waals surface area contributed by atoms with E-state index in [0.29, 0.717) is 23.1 Å². The Kier molecular flexibility index (Phi) is 6.18. The maximum atomic E-state index is 12.1. The van der Waals surface area contributed by atoms with Crippen LogP contribution in [0, 0.1) is 5.92 Å². The minimum Gasteiger partial charge on any atom is -0.326 e. The summed E-state index contributed by atoms with van der Waals surface area (Å²) in [5.41, 5.74) is 6.37. The number of thioether (sulfide) groups is 1. The molecule has 5 heteroatoms. The van der Waals surface area contributed by atoms with Gasteiger partial charge in [0.15, 0.2) is 9.84 Å². The third kappa shape index (κ3) is 5.00. The van der Waals surface area contributed by atoms with Crippen LogP contribution >= 0.6 is 11.8 Å². The van der Waals surface area contributed by atoms with E-state index in [4.69, 9.17) is 5.73 Å². The van der Waals surface area contributed by atoms with E-state index in [-0.39, 0.29) is 5.75 Å². The second-order valence-corrected chi connectivity index (χ2v) is 7.90. The lowest BCUT2D eigenvalue weighted by Crippen LogP contribution is -2.10. The second kappa shape index (κ2) is 7.16. The van der Waals surface area contributed by atoms with Crippen molar-refractivity contribution in [1.29, 1.82) is 0 Å². The van der Waals surface area contributed by atoms with Gasteiger partial charge < -0.3 is 5.73 Å². The van der Waals surface area contributed by atoms with Crippen LogP contribution in [0.5, 0.6) is 0 Å². The Bertz CT molecular complexity index is 470. The highest BCUT2D eigenvalue weighted by Crippen LogP contribution is 2.15. The fourth-order valence-corrected chi connectivity index (χ4v) is 4.31. The summed E-state index contributed by atoms with van der Waals surface area (Å²) in [6.07, 6.45) is 0. The molecule has 0 bridgehead atoms. The maximum Gasteiger partial charge on any atom is 0.179 e. The van der Waals surface area contributed by atoms with Gasteiger partial charge in [0.1, 0.15) is 0 Å². The van der Waals surface area contributed by atoms with Gasteiger partial charge in [-0.3, -0.25) is 0 Å². The highest BCUT2D eigenvalue weighted by molar-refractivity contribution is 8.00. The molecule has 1 aromatic carbocycles. The van der Waals surface area contributed by atoms with Gasteiger partial charge in [0.2, 0.25) is 0 Å². The van der Waals surface area contributed by atoms with E-state index in [1.165, 1.54) is 0 Å². The summed E-state index contributed by atoms with van der Waals surface area (Å²) in [5, 5.41) is 0. The van der Waals surface area contributed by atoms with Crippen molar-refractivity contribution in [2.24, 2.45) is 11.7 Å². The summed E-state index contributed by atoms with van der Waals surface area (Å²) < 4.78 is 24.2. The van der Waals surface area contributed by atoms with Crippen LogP contribution in [-0.2, 0) is 16.4 Å². The molecule has 0 atom stereocenters. The molecular formula is C13H21NO2S2. The van der Waals surface area contributed by atoms with Gasteiger partial charge >= 0.3 is 0 Å². The van der Waals surface area contributed by atoms with E-state index in [1.54, 1.807) is 30.0 Å². The SMILES string of the molecule is CC(C)CSCCS(=O)(=O)c1cccc(CN)c1. The number of hydrogen-bond acceptors (Lipinski definition) is 4. The summed E-state index contributed by atoms with van der Waals surface area (Å²) in [6.45, 7) is 4.63. The van der Waals surface area contributed by atoms with Crippen LogP contribution in [0.1, 0.15) is 19.4 Å². The molecule has 2 N–H and O–H groups in total. The molecule has 1 rings (SSSR count). The van der Waals surface area contributed by atoms with Crippen molar-refractivity contribution in [3.05, 3.63) is 29.8 Å². The van der Waals surface area contributed by atoms with Crippen molar-refractivity contribution < 1.29 is 8.42 Å². The average molecular weight is 287 g/mol. The first kappa shape index (κ1) is 15.5. The van der Waals surface area contributed by atoms with Crippen LogP contribution in [0.3, 0.4) is 0 Å². The van der Waals surface area contributed by atoms with Crippen molar-refractivity contribution in [3.8, 4) is 0 Å². The molecule has 18 heavy (non-hydrogen) atoms. The molecule has 0 saturated carbocycles. The van der Waals surface area contributed by atoms with E-state index < -0.39 is 9.84 Å². The van der Waals surface area contributed by atoms with Crippen molar-refractivity contribution in [2.45, 2.75) is 25.3 Å². The summed E-state index contributed by atoms with van der Waals surface area (Å²) in [7, 11) is -3.17. The summed E-state index contributed by atoms with van der Waals surface area (Å²) in [4.78, 5) is 0.385. The van der Waals surface area contributed by atoms with E-state index in [2.05, 4.69) is 13.8 Å². The third-order valence-corrected chi connectivity index (χ3v) is 5.81. The Morgan fingerprint density at radius 1 is 1.33 bits per heavy atom. The summed E-state index contributed by atoms with van der Waals surface area (Å²) in [5.74, 6) is 2.43. The Morgan fingerprint density at radius 3 is 2.67 bits per heavy atom. The normalized spacial score (nSPS) is 12.0. The Balaban J connectivity index is 2.62. The Hall–Kier alpha value is -0.520. The summed E-state index contributed by atoms with van der Waals surface area (Å²) in [6, 6.07) is 6.90. The lowest BCUT2D eigenvalue weighted by molar-refractivity contribution is 0.597. The van der Waals surface area contributed by atoms with E-state index in [1.807, 2.05) is 6.07 Å². The monoisotopic (exact) mass is 287 g/mol. The van der Waals surface area contributed by atoms with Crippen LogP contribution < -0.4 is 5.73 Å². The van der Waals surface area contributed by atoms with Gasteiger partial charge in [-0.1, -0.05) is 26.0 Å². The molecule has 0 spiro atoms. The lowest BCUT2D eigenvalue weighted by Gasteiger charge is -2.07. The smallest absolute Gasteiger partial charge is 0.179 e. The van der Waals surface area contributed by atoms with Gasteiger partial charge in [0.05, 0.1) is 10.6 Å². The fraction of sp³-hybridized carbons (Fsp3) is 0.538. The molecular weight excluding hydrogens is 266 g/mol. The van der Waals surface area contributed by atoms with Gasteiger partial charge in [0, 0.05) is 12.3 Å². The van der Waals surface area contributed by atoms with Gasteiger partial charge in [0.25, 0.3) is 0 Å². The minimum atomic E-state index is -3.17. The Morgan fingerprint density at radius 2 is 2.06 bits per heavy atom. The quantitative estimate of drug-likeness (QED) is 0.782. The number of hydrogen-bond donors (Lipinski definition) is 1. The molecule has 0 fully saturated rings. The van der Waals surface area contributed by atoms with Crippen LogP contribution in [0.2, 0.25) is 0 Å². The first-order chi connectivity index (χ1) is 8.45. The molecule has 0 aliphatic carbocycles. The first-order valence-corrected chi connectivity index (χ1v) is 8.86. The van der Waals surface area contributed by atoms with Crippen molar-refractivity contribution >= 4 is 21.6 Å². The van der Waals surface area contributed by atoms with E-state index in [9.17, 15) is 8.42 Å². The van der Waals surface area contributed by atoms with Crippen molar-refractivity contribution in [3.63, 3.8) is 0 Å². The molecule has 1 aromatic rings. The molecule has 0 saturated heterocycles. The number of benzene rings is 1. The number of sulfone groups is 1. The number of rotatable bonds is 7. The van der Waals surface area contributed by atoms with Gasteiger partial charge in [-0.25, -0.2) is 8.42 Å². The molecule has 0 amide bonds. The topological polar surface area (TPSA) is 60.2 Å². The van der Waals surface area contributed by atoms with Crippen LogP contribution in [0.4, 0.5) is 0 Å². The average Bonchev–Trinajstić information content (AvgIpc) is 2.34. The molecule has 0 aliphatic heterocycles. The molecule has 0 unspecified atom stereocenters. The standard InChI is InChI=1S/C13H21NO2S2/c1-11(2)10-17-6-7-18(15,16)13-5-3-4-12(8-13)9-14/h3-5,8,11H,6-7,9-10,14H2,1-2H3. The van der Waals surface area contributed by atoms with Crippen molar-refractivity contribution in [1.82, 2.24) is 0 Å². The predicted octanol–water partition coefficient (Wildman–Crippen LogP) is 2.31. The number of nitrogens with two attached hydrogens (primary N) is 1.